The van der Waals surface area contributed by atoms with Crippen molar-refractivity contribution in [3.63, 3.8) is 0 Å². The predicted octanol–water partition coefficient (Wildman–Crippen LogP) is 8.81. The molecule has 3 atom stereocenters. The van der Waals surface area contributed by atoms with Gasteiger partial charge in [0.15, 0.2) is 0 Å². The van der Waals surface area contributed by atoms with Crippen LogP contribution in [0.4, 0.5) is 0 Å². The number of benzene rings is 3. The van der Waals surface area contributed by atoms with Crippen LogP contribution in [0.5, 0.6) is 11.5 Å². The van der Waals surface area contributed by atoms with Gasteiger partial charge in [0.2, 0.25) is 0 Å². The smallest absolute Gasteiger partial charge is 0.872 e. The molecule has 0 radical (unpaired) electrons. The molecule has 3 aromatic rings. The summed E-state index contributed by atoms with van der Waals surface area (Å²) in [6, 6.07) is 18.1. The van der Waals surface area contributed by atoms with Gasteiger partial charge >= 0.3 is 16.8 Å². The van der Waals surface area contributed by atoms with Gasteiger partial charge in [-0.2, -0.15) is 0 Å². The van der Waals surface area contributed by atoms with E-state index in [0.29, 0.717) is 17.7 Å². The van der Waals surface area contributed by atoms with E-state index in [1.165, 1.54) is 0 Å². The molecule has 1 aliphatic rings. The Bertz CT molecular complexity index is 1710. The van der Waals surface area contributed by atoms with Crippen molar-refractivity contribution in [1.82, 2.24) is 5.32 Å². The maximum Gasteiger partial charge on any atom is 3.00 e. The molecule has 0 spiro atoms. The first kappa shape index (κ1) is 49.7. The number of carboxylic acids is 1. The fourth-order valence-corrected chi connectivity index (χ4v) is 6.83. The molecule has 1 fully saturated rings. The van der Waals surface area contributed by atoms with Crippen LogP contribution in [0, 0.1) is 5.92 Å². The number of rotatable bonds is 10. The fraction of sp³-hybridized carbons (Fsp3) is 0.571. The van der Waals surface area contributed by atoms with Crippen molar-refractivity contribution in [2.75, 3.05) is 0 Å². The molecule has 1 N–H and O–H groups in total. The number of hydrogen-bond donors (Lipinski definition) is 1. The van der Waals surface area contributed by atoms with Gasteiger partial charge in [0.1, 0.15) is 0 Å². The third kappa shape index (κ3) is 15.0. The van der Waals surface area contributed by atoms with Gasteiger partial charge in [-0.15, -0.1) is 0 Å². The summed E-state index contributed by atoms with van der Waals surface area (Å²) in [4.78, 5) is 20.5. The normalized spacial score (nSPS) is 17.3. The number of carbonyl (C=O) groups excluding carboxylic acids is 1. The van der Waals surface area contributed by atoms with Crippen LogP contribution < -0.4 is 20.6 Å². The third-order valence-electron chi connectivity index (χ3n) is 10.7. The molecule has 314 valence electrons. The van der Waals surface area contributed by atoms with Gasteiger partial charge in [0, 0.05) is 37.4 Å². The maximum absolute atomic E-state index is 13.5. The van der Waals surface area contributed by atoms with Gasteiger partial charge in [0.25, 0.3) is 0 Å². The Kier molecular flexibility index (Phi) is 17.9. The Hall–Kier alpha value is -3.46. The van der Waals surface area contributed by atoms with Crippen LogP contribution in [-0.4, -0.2) is 36.5 Å². The van der Waals surface area contributed by atoms with Crippen LogP contribution in [0.25, 0.3) is 0 Å². The van der Waals surface area contributed by atoms with E-state index in [1.54, 1.807) is 12.4 Å². The number of aliphatic carboxylic acids is 1. The second kappa shape index (κ2) is 20.5. The first-order valence-corrected chi connectivity index (χ1v) is 20.5. The van der Waals surface area contributed by atoms with E-state index in [2.05, 4.69) is 101 Å². The Balaban J connectivity index is 0.000000553. The number of aliphatic imine (C=N–C) groups is 2. The van der Waals surface area contributed by atoms with Crippen molar-refractivity contribution in [2.24, 2.45) is 15.9 Å². The molecular weight excluding hydrogens is 753 g/mol. The van der Waals surface area contributed by atoms with Gasteiger partial charge in [-0.05, 0) is 79.4 Å². The molecule has 0 aliphatic heterocycles. The summed E-state index contributed by atoms with van der Waals surface area (Å²) < 4.78 is 0. The Morgan fingerprint density at radius 1 is 0.702 bits per heavy atom. The molecular formula is C49H70CoN3O4. The van der Waals surface area contributed by atoms with Gasteiger partial charge in [-0.3, -0.25) is 9.98 Å². The predicted molar refractivity (Wildman–Crippen MR) is 229 cm³/mol. The van der Waals surface area contributed by atoms with Gasteiger partial charge < -0.3 is 25.4 Å². The molecule has 0 heterocycles. The summed E-state index contributed by atoms with van der Waals surface area (Å²) in [7, 11) is 0. The first-order chi connectivity index (χ1) is 25.8. The van der Waals surface area contributed by atoms with E-state index in [0.717, 1.165) is 53.5 Å². The molecule has 1 saturated carbocycles. The zero-order valence-electron chi connectivity index (χ0n) is 37.3. The van der Waals surface area contributed by atoms with Crippen molar-refractivity contribution in [3.8, 4) is 11.5 Å². The summed E-state index contributed by atoms with van der Waals surface area (Å²) >= 11 is 0. The summed E-state index contributed by atoms with van der Waals surface area (Å²) in [5, 5.41) is 40.8. The van der Waals surface area contributed by atoms with E-state index in [4.69, 9.17) is 9.98 Å². The summed E-state index contributed by atoms with van der Waals surface area (Å²) in [5.41, 5.74) is 5.78. The maximum atomic E-state index is 13.5. The average molecular weight is 824 g/mol. The quantitative estimate of drug-likeness (QED) is 0.205. The zero-order chi connectivity index (χ0) is 42.2. The molecule has 57 heavy (non-hydrogen) atoms. The molecule has 1 aliphatic carbocycles. The number of nitrogens with zero attached hydrogens (tertiary/aromatic N) is 2. The van der Waals surface area contributed by atoms with Crippen LogP contribution in [0.15, 0.2) is 64.6 Å². The largest absolute Gasteiger partial charge is 3.00 e. The molecule has 0 bridgehead atoms. The first-order valence-electron chi connectivity index (χ1n) is 20.5. The summed E-state index contributed by atoms with van der Waals surface area (Å²) in [5.74, 6) is -0.601. The summed E-state index contributed by atoms with van der Waals surface area (Å²) in [6.45, 7) is 30.3. The minimum atomic E-state index is -1.00. The van der Waals surface area contributed by atoms with E-state index in [1.807, 2.05) is 56.3 Å². The number of carbonyl (C=O) groups is 1. The number of hydrogen-bond acceptors (Lipinski definition) is 7. The average Bonchev–Trinajstić information content (AvgIpc) is 3.08. The van der Waals surface area contributed by atoms with E-state index in [-0.39, 0.29) is 80.4 Å². The van der Waals surface area contributed by atoms with Gasteiger partial charge in [0.05, 0.1) is 12.1 Å². The molecule has 0 amide bonds. The second-order valence-corrected chi connectivity index (χ2v) is 20.2. The van der Waals surface area contributed by atoms with Crippen molar-refractivity contribution in [1.29, 1.82) is 0 Å². The molecule has 0 aromatic heterocycles. The molecule has 0 unspecified atom stereocenters. The molecule has 7 nitrogen and oxygen atoms in total. The van der Waals surface area contributed by atoms with Crippen LogP contribution in [-0.2, 0) is 49.8 Å². The SMILES string of the molecule is CC(C)(C)c1cc(C=N[C@@H]2CCCC[C@H]2N=Cc2cc(C(C)(C)C)cc(C(C)(C)C)c2[O-])c([O-])c(C(C)(C)C)c1.CC(C)[C@H](CC(=O)[O-])NCc1ccccc1.[Co+3]. The van der Waals surface area contributed by atoms with Crippen molar-refractivity contribution >= 4 is 18.4 Å². The van der Waals surface area contributed by atoms with E-state index in [9.17, 15) is 20.1 Å². The Labute approximate surface area is 355 Å². The van der Waals surface area contributed by atoms with Crippen LogP contribution in [0.1, 0.15) is 168 Å². The zero-order valence-corrected chi connectivity index (χ0v) is 38.3. The van der Waals surface area contributed by atoms with Crippen LogP contribution in [0.2, 0.25) is 0 Å². The Morgan fingerprint density at radius 3 is 1.44 bits per heavy atom. The minimum Gasteiger partial charge on any atom is -0.872 e. The molecule has 8 heteroatoms. The number of nitrogens with one attached hydrogen (secondary N) is 1. The fourth-order valence-electron chi connectivity index (χ4n) is 6.83. The number of carboxylic acid groups (broad SMARTS) is 1. The third-order valence-corrected chi connectivity index (χ3v) is 10.7. The van der Waals surface area contributed by atoms with Crippen LogP contribution >= 0.6 is 0 Å². The molecule has 3 aromatic carbocycles. The van der Waals surface area contributed by atoms with E-state index < -0.39 is 5.97 Å². The molecule has 0 saturated heterocycles. The minimum absolute atomic E-state index is 0. The monoisotopic (exact) mass is 823 g/mol. The van der Waals surface area contributed by atoms with Gasteiger partial charge in [-0.1, -0.05) is 176 Å². The van der Waals surface area contributed by atoms with Crippen molar-refractivity contribution < 1.29 is 36.9 Å². The van der Waals surface area contributed by atoms with Crippen LogP contribution in [0.3, 0.4) is 0 Å². The standard InChI is InChI=1S/C36H54N2O2.C13H19NO2.Co/c1-33(2,3)25-17-23(31(39)27(19-25)35(7,8)9)21-37-29-15-13-14-16-30(29)38-22-24-18-26(34(4,5)6)20-28(32(24)40)36(10,11)12;1-10(2)12(8-13(15)16)14-9-11-6-4-3-5-7-11;/h17-22,29-30,39-40H,13-16H2,1-12H3;3-7,10,12,14H,8-9H2,1-2H3,(H,15,16);/q;;+3/p-3/t29-,30-;12-;/m10./s1. The topological polar surface area (TPSA) is 123 Å². The van der Waals surface area contributed by atoms with Crippen molar-refractivity contribution in [2.45, 2.75) is 175 Å². The van der Waals surface area contributed by atoms with E-state index >= 15 is 0 Å². The Morgan fingerprint density at radius 2 is 1.11 bits per heavy atom. The summed E-state index contributed by atoms with van der Waals surface area (Å²) in [6.07, 6.45) is 7.69. The second-order valence-electron chi connectivity index (χ2n) is 20.2. The van der Waals surface area contributed by atoms with Crippen molar-refractivity contribution in [3.05, 3.63) is 93.5 Å². The van der Waals surface area contributed by atoms with Gasteiger partial charge in [-0.25, -0.2) is 0 Å². The molecule has 4 rings (SSSR count).